The second-order valence-corrected chi connectivity index (χ2v) is 3.17. The second-order valence-electron chi connectivity index (χ2n) is 3.17. The predicted octanol–water partition coefficient (Wildman–Crippen LogP) is -0.528. The Balaban J connectivity index is 1.97. The summed E-state index contributed by atoms with van der Waals surface area (Å²) in [6.45, 7) is 3.54. The molecule has 1 atom stereocenters. The number of piperazine rings is 1. The van der Waals surface area contributed by atoms with Crippen LogP contribution >= 0.6 is 0 Å². The zero-order valence-electron chi connectivity index (χ0n) is 6.99. The Bertz CT molecular complexity index is 179. The van der Waals surface area contributed by atoms with Gasteiger partial charge in [-0.15, -0.1) is 0 Å². The molecular weight excluding hydrogens is 156 g/mol. The number of hydrogen-bond donors (Lipinski definition) is 2. The van der Waals surface area contributed by atoms with Gasteiger partial charge >= 0.3 is 0 Å². The zero-order chi connectivity index (χ0) is 8.44. The van der Waals surface area contributed by atoms with Gasteiger partial charge in [0.2, 0.25) is 0 Å². The highest BCUT2D eigenvalue weighted by Gasteiger charge is 2.37. The smallest absolute Gasteiger partial charge is 0.273 e. The standard InChI is InChI=1S/C8H14N2O2/c11-8(2-1-7-12-8)10-5-3-9-4-6-10/h1,7,9,11H,2-6H2/t8-/m1/s1. The summed E-state index contributed by atoms with van der Waals surface area (Å²) in [5.74, 6) is -1.05. The van der Waals surface area contributed by atoms with Crippen molar-refractivity contribution in [3.05, 3.63) is 12.3 Å². The van der Waals surface area contributed by atoms with Gasteiger partial charge in [-0.3, -0.25) is 0 Å². The van der Waals surface area contributed by atoms with Crippen molar-refractivity contribution in [2.75, 3.05) is 26.2 Å². The van der Waals surface area contributed by atoms with Crippen LogP contribution in [0.2, 0.25) is 0 Å². The van der Waals surface area contributed by atoms with Crippen molar-refractivity contribution in [2.45, 2.75) is 12.3 Å². The van der Waals surface area contributed by atoms with Gasteiger partial charge in [0.05, 0.1) is 12.7 Å². The Kier molecular flexibility index (Phi) is 2.04. The Morgan fingerprint density at radius 3 is 2.75 bits per heavy atom. The van der Waals surface area contributed by atoms with Crippen LogP contribution in [0.1, 0.15) is 6.42 Å². The van der Waals surface area contributed by atoms with Crippen LogP contribution in [0.15, 0.2) is 12.3 Å². The monoisotopic (exact) mass is 170 g/mol. The summed E-state index contributed by atoms with van der Waals surface area (Å²) in [6.07, 6.45) is 4.00. The molecule has 0 aromatic rings. The molecule has 0 amide bonds. The lowest BCUT2D eigenvalue weighted by Gasteiger charge is -2.37. The van der Waals surface area contributed by atoms with Crippen LogP contribution in [0.4, 0.5) is 0 Å². The number of aliphatic hydroxyl groups is 1. The van der Waals surface area contributed by atoms with Gasteiger partial charge in [-0.2, -0.15) is 0 Å². The van der Waals surface area contributed by atoms with Crippen LogP contribution < -0.4 is 5.32 Å². The largest absolute Gasteiger partial charge is 0.457 e. The molecule has 0 unspecified atom stereocenters. The Hall–Kier alpha value is -0.580. The van der Waals surface area contributed by atoms with Crippen molar-refractivity contribution in [3.63, 3.8) is 0 Å². The highest BCUT2D eigenvalue weighted by atomic mass is 16.6. The minimum atomic E-state index is -1.05. The topological polar surface area (TPSA) is 44.7 Å². The minimum absolute atomic E-state index is 0.576. The molecule has 0 radical (unpaired) electrons. The first kappa shape index (κ1) is 8.04. The van der Waals surface area contributed by atoms with E-state index in [2.05, 4.69) is 5.32 Å². The quantitative estimate of drug-likeness (QED) is 0.555. The van der Waals surface area contributed by atoms with Crippen molar-refractivity contribution in [1.29, 1.82) is 0 Å². The van der Waals surface area contributed by atoms with Gasteiger partial charge in [0, 0.05) is 26.2 Å². The fraction of sp³-hybridized carbons (Fsp3) is 0.750. The van der Waals surface area contributed by atoms with Gasteiger partial charge in [-0.1, -0.05) is 0 Å². The van der Waals surface area contributed by atoms with Gasteiger partial charge in [0.25, 0.3) is 5.91 Å². The van der Waals surface area contributed by atoms with Gasteiger partial charge in [0.15, 0.2) is 0 Å². The molecule has 2 heterocycles. The molecule has 2 N–H and O–H groups in total. The zero-order valence-corrected chi connectivity index (χ0v) is 6.99. The fourth-order valence-corrected chi connectivity index (χ4v) is 1.62. The summed E-state index contributed by atoms with van der Waals surface area (Å²) in [5.41, 5.74) is 0. The van der Waals surface area contributed by atoms with Crippen LogP contribution in [0.3, 0.4) is 0 Å². The third kappa shape index (κ3) is 1.33. The van der Waals surface area contributed by atoms with Crippen LogP contribution in [0.5, 0.6) is 0 Å². The summed E-state index contributed by atoms with van der Waals surface area (Å²) in [6, 6.07) is 0. The minimum Gasteiger partial charge on any atom is -0.457 e. The molecule has 1 saturated heterocycles. The van der Waals surface area contributed by atoms with Gasteiger partial charge in [-0.25, -0.2) is 4.90 Å². The Morgan fingerprint density at radius 1 is 1.42 bits per heavy atom. The van der Waals surface area contributed by atoms with Crippen molar-refractivity contribution in [2.24, 2.45) is 0 Å². The van der Waals surface area contributed by atoms with Gasteiger partial charge in [-0.05, 0) is 6.08 Å². The molecule has 0 spiro atoms. The molecule has 4 nitrogen and oxygen atoms in total. The Labute approximate surface area is 71.8 Å². The van der Waals surface area contributed by atoms with E-state index in [1.165, 1.54) is 0 Å². The molecule has 1 fully saturated rings. The second kappa shape index (κ2) is 3.05. The van der Waals surface area contributed by atoms with Gasteiger partial charge < -0.3 is 15.2 Å². The molecule has 0 saturated carbocycles. The van der Waals surface area contributed by atoms with E-state index >= 15 is 0 Å². The third-order valence-electron chi connectivity index (χ3n) is 2.35. The molecular formula is C8H14N2O2. The number of nitrogens with one attached hydrogen (secondary N) is 1. The highest BCUT2D eigenvalue weighted by molar-refractivity contribution is 4.92. The lowest BCUT2D eigenvalue weighted by atomic mass is 10.2. The number of nitrogens with zero attached hydrogens (tertiary/aromatic N) is 1. The molecule has 4 heteroatoms. The summed E-state index contributed by atoms with van der Waals surface area (Å²) in [5, 5.41) is 13.2. The molecule has 0 aliphatic carbocycles. The van der Waals surface area contributed by atoms with Crippen LogP contribution in [-0.4, -0.2) is 42.1 Å². The van der Waals surface area contributed by atoms with E-state index in [0.717, 1.165) is 26.2 Å². The van der Waals surface area contributed by atoms with Crippen molar-refractivity contribution in [3.8, 4) is 0 Å². The lowest BCUT2D eigenvalue weighted by molar-refractivity contribution is -0.256. The molecule has 0 aromatic heterocycles. The average molecular weight is 170 g/mol. The van der Waals surface area contributed by atoms with Gasteiger partial charge in [0.1, 0.15) is 0 Å². The normalized spacial score (nSPS) is 36.8. The maximum Gasteiger partial charge on any atom is 0.273 e. The molecule has 12 heavy (non-hydrogen) atoms. The van der Waals surface area contributed by atoms with E-state index in [-0.39, 0.29) is 0 Å². The van der Waals surface area contributed by atoms with Crippen molar-refractivity contribution >= 4 is 0 Å². The first-order valence-corrected chi connectivity index (χ1v) is 4.32. The van der Waals surface area contributed by atoms with E-state index in [4.69, 9.17) is 4.74 Å². The maximum atomic E-state index is 9.93. The van der Waals surface area contributed by atoms with Crippen molar-refractivity contribution in [1.82, 2.24) is 10.2 Å². The third-order valence-corrected chi connectivity index (χ3v) is 2.35. The maximum absolute atomic E-state index is 9.93. The molecule has 0 aromatic carbocycles. The molecule has 68 valence electrons. The summed E-state index contributed by atoms with van der Waals surface area (Å²) in [4.78, 5) is 1.96. The van der Waals surface area contributed by atoms with Crippen LogP contribution in [0.25, 0.3) is 0 Å². The summed E-state index contributed by atoms with van der Waals surface area (Å²) < 4.78 is 5.15. The first-order chi connectivity index (χ1) is 5.81. The van der Waals surface area contributed by atoms with E-state index in [9.17, 15) is 5.11 Å². The fourth-order valence-electron chi connectivity index (χ4n) is 1.62. The van der Waals surface area contributed by atoms with E-state index in [0.29, 0.717) is 6.42 Å². The van der Waals surface area contributed by atoms with E-state index in [1.807, 2.05) is 11.0 Å². The molecule has 2 aliphatic heterocycles. The van der Waals surface area contributed by atoms with Crippen molar-refractivity contribution < 1.29 is 9.84 Å². The van der Waals surface area contributed by atoms with E-state index < -0.39 is 5.91 Å². The first-order valence-electron chi connectivity index (χ1n) is 4.32. The van der Waals surface area contributed by atoms with E-state index in [1.54, 1.807) is 6.26 Å². The Morgan fingerprint density at radius 2 is 2.17 bits per heavy atom. The van der Waals surface area contributed by atoms with Crippen LogP contribution in [-0.2, 0) is 4.74 Å². The summed E-state index contributed by atoms with van der Waals surface area (Å²) in [7, 11) is 0. The molecule has 0 bridgehead atoms. The highest BCUT2D eigenvalue weighted by Crippen LogP contribution is 2.24. The molecule has 2 aliphatic rings. The number of hydrogen-bond acceptors (Lipinski definition) is 4. The average Bonchev–Trinajstić information content (AvgIpc) is 2.55. The van der Waals surface area contributed by atoms with Crippen LogP contribution in [0, 0.1) is 0 Å². The number of rotatable bonds is 1. The summed E-state index contributed by atoms with van der Waals surface area (Å²) >= 11 is 0. The molecule has 2 rings (SSSR count). The SMILES string of the molecule is O[C@]1(N2CCNCC2)CC=CO1. The lowest BCUT2D eigenvalue weighted by Crippen LogP contribution is -2.56. The predicted molar refractivity (Wildman–Crippen MR) is 44.2 cm³/mol. The number of ether oxygens (including phenoxy) is 1.